The van der Waals surface area contributed by atoms with Gasteiger partial charge in [-0.25, -0.2) is 17.9 Å². The molecule has 0 atom stereocenters. The summed E-state index contributed by atoms with van der Waals surface area (Å²) in [4.78, 5) is 12.8. The molecule has 2 heterocycles. The van der Waals surface area contributed by atoms with Crippen molar-refractivity contribution >= 4 is 10.0 Å². The zero-order chi connectivity index (χ0) is 18.6. The standard InChI is InChI=1S/C18H24N4O3S/c1-12-8-13(2)17(14(3)9-12)26(24,25)20-6-7-21-16(11-20)19-22(18(21)23)10-15-4-5-15/h8-9,15H,4-7,10-11H2,1-3H3. The van der Waals surface area contributed by atoms with E-state index in [9.17, 15) is 13.2 Å². The van der Waals surface area contributed by atoms with Crippen molar-refractivity contribution < 1.29 is 8.42 Å². The number of hydrogen-bond acceptors (Lipinski definition) is 4. The quantitative estimate of drug-likeness (QED) is 0.812. The normalized spacial score (nSPS) is 18.1. The Bertz CT molecular complexity index is 1010. The number of nitrogens with zero attached hydrogens (tertiary/aromatic N) is 4. The first kappa shape index (κ1) is 17.5. The van der Waals surface area contributed by atoms with Gasteiger partial charge >= 0.3 is 5.69 Å². The van der Waals surface area contributed by atoms with Crippen molar-refractivity contribution in [3.05, 3.63) is 45.1 Å². The van der Waals surface area contributed by atoms with E-state index >= 15 is 0 Å². The molecule has 0 bridgehead atoms. The van der Waals surface area contributed by atoms with Crippen molar-refractivity contribution in [2.75, 3.05) is 6.54 Å². The monoisotopic (exact) mass is 376 g/mol. The molecule has 1 aliphatic carbocycles. The SMILES string of the molecule is Cc1cc(C)c(S(=O)(=O)N2CCn3c(nn(CC4CC4)c3=O)C2)c(C)c1. The molecule has 7 nitrogen and oxygen atoms in total. The van der Waals surface area contributed by atoms with E-state index in [1.54, 1.807) is 4.57 Å². The van der Waals surface area contributed by atoms with E-state index in [1.807, 2.05) is 32.9 Å². The van der Waals surface area contributed by atoms with Gasteiger partial charge in [0.05, 0.1) is 11.4 Å². The van der Waals surface area contributed by atoms with Crippen LogP contribution in [0.25, 0.3) is 0 Å². The molecule has 0 radical (unpaired) electrons. The van der Waals surface area contributed by atoms with Crippen LogP contribution in [0.2, 0.25) is 0 Å². The minimum absolute atomic E-state index is 0.119. The molecule has 26 heavy (non-hydrogen) atoms. The van der Waals surface area contributed by atoms with Gasteiger partial charge in [0.1, 0.15) is 5.82 Å². The molecule has 2 aliphatic rings. The van der Waals surface area contributed by atoms with Gasteiger partial charge in [-0.2, -0.15) is 9.40 Å². The topological polar surface area (TPSA) is 77.2 Å². The van der Waals surface area contributed by atoms with Crippen LogP contribution >= 0.6 is 0 Å². The van der Waals surface area contributed by atoms with E-state index in [2.05, 4.69) is 5.10 Å². The van der Waals surface area contributed by atoms with Crippen LogP contribution in [0.5, 0.6) is 0 Å². The highest BCUT2D eigenvalue weighted by Crippen LogP contribution is 2.30. The Balaban J connectivity index is 1.67. The highest BCUT2D eigenvalue weighted by atomic mass is 32.2. The molecule has 1 aromatic heterocycles. The van der Waals surface area contributed by atoms with Crippen molar-refractivity contribution in [2.24, 2.45) is 5.92 Å². The lowest BCUT2D eigenvalue weighted by molar-refractivity contribution is 0.332. The third-order valence-electron chi connectivity index (χ3n) is 5.22. The van der Waals surface area contributed by atoms with Gasteiger partial charge in [0, 0.05) is 19.6 Å². The van der Waals surface area contributed by atoms with E-state index in [0.29, 0.717) is 29.7 Å². The fraction of sp³-hybridized carbons (Fsp3) is 0.556. The molecule has 0 unspecified atom stereocenters. The molecule has 0 N–H and O–H groups in total. The maximum absolute atomic E-state index is 13.2. The van der Waals surface area contributed by atoms with Gasteiger partial charge in [-0.1, -0.05) is 17.7 Å². The van der Waals surface area contributed by atoms with Gasteiger partial charge in [-0.05, 0) is 50.7 Å². The number of rotatable bonds is 4. The lowest BCUT2D eigenvalue weighted by Crippen LogP contribution is -2.41. The predicted octanol–water partition coefficient (Wildman–Crippen LogP) is 1.58. The molecular formula is C18H24N4O3S. The second-order valence-corrected chi connectivity index (χ2v) is 9.42. The largest absolute Gasteiger partial charge is 0.346 e. The van der Waals surface area contributed by atoms with Gasteiger partial charge in [0.2, 0.25) is 10.0 Å². The second-order valence-electron chi connectivity index (χ2n) is 7.54. The van der Waals surface area contributed by atoms with Gasteiger partial charge in [-0.15, -0.1) is 0 Å². The number of sulfonamides is 1. The Labute approximate surface area is 153 Å². The molecule has 0 amide bonds. The smallest absolute Gasteiger partial charge is 0.276 e. The van der Waals surface area contributed by atoms with Crippen LogP contribution in [-0.4, -0.2) is 33.6 Å². The summed E-state index contributed by atoms with van der Waals surface area (Å²) < 4.78 is 31.0. The van der Waals surface area contributed by atoms with Crippen LogP contribution in [0.3, 0.4) is 0 Å². The number of aryl methyl sites for hydroxylation is 3. The zero-order valence-corrected chi connectivity index (χ0v) is 16.2. The molecule has 0 saturated heterocycles. The third-order valence-corrected chi connectivity index (χ3v) is 7.37. The number of aromatic nitrogens is 3. The molecule has 1 aliphatic heterocycles. The van der Waals surface area contributed by atoms with Crippen LogP contribution in [0, 0.1) is 26.7 Å². The highest BCUT2D eigenvalue weighted by molar-refractivity contribution is 7.89. The van der Waals surface area contributed by atoms with E-state index in [4.69, 9.17) is 0 Å². The maximum Gasteiger partial charge on any atom is 0.346 e. The summed E-state index contributed by atoms with van der Waals surface area (Å²) in [6.07, 6.45) is 2.28. The van der Waals surface area contributed by atoms with Crippen LogP contribution in [0.4, 0.5) is 0 Å². The van der Waals surface area contributed by atoms with Crippen molar-refractivity contribution in [1.29, 1.82) is 0 Å². The average Bonchev–Trinajstić information content (AvgIpc) is 3.30. The minimum atomic E-state index is -3.63. The Hall–Kier alpha value is -1.93. The number of fused-ring (bicyclic) bond motifs is 1. The van der Waals surface area contributed by atoms with E-state index < -0.39 is 10.0 Å². The molecule has 140 valence electrons. The molecule has 4 rings (SSSR count). The lowest BCUT2D eigenvalue weighted by Gasteiger charge is -2.27. The highest BCUT2D eigenvalue weighted by Gasteiger charge is 2.33. The molecule has 2 aromatic rings. The summed E-state index contributed by atoms with van der Waals surface area (Å²) in [5.74, 6) is 1.08. The molecule has 1 fully saturated rings. The summed E-state index contributed by atoms with van der Waals surface area (Å²) in [7, 11) is -3.63. The first-order valence-corrected chi connectivity index (χ1v) is 10.5. The van der Waals surface area contributed by atoms with Crippen LogP contribution in [0.15, 0.2) is 21.8 Å². The Morgan fingerprint density at radius 1 is 1.12 bits per heavy atom. The van der Waals surface area contributed by atoms with E-state index in [0.717, 1.165) is 29.5 Å². The first-order chi connectivity index (χ1) is 12.3. The lowest BCUT2D eigenvalue weighted by atomic mass is 10.1. The van der Waals surface area contributed by atoms with Crippen molar-refractivity contribution in [3.63, 3.8) is 0 Å². The van der Waals surface area contributed by atoms with Gasteiger partial charge in [0.15, 0.2) is 0 Å². The first-order valence-electron chi connectivity index (χ1n) is 9.02. The van der Waals surface area contributed by atoms with Gasteiger partial charge in [0.25, 0.3) is 0 Å². The summed E-state index contributed by atoms with van der Waals surface area (Å²) in [6, 6.07) is 3.79. The molecule has 0 spiro atoms. The fourth-order valence-electron chi connectivity index (χ4n) is 3.85. The second kappa shape index (κ2) is 6.06. The number of hydrogen-bond donors (Lipinski definition) is 0. The molecular weight excluding hydrogens is 352 g/mol. The van der Waals surface area contributed by atoms with Crippen LogP contribution in [0.1, 0.15) is 35.4 Å². The van der Waals surface area contributed by atoms with Crippen molar-refractivity contribution in [3.8, 4) is 0 Å². The molecule has 1 saturated carbocycles. The van der Waals surface area contributed by atoms with Crippen molar-refractivity contribution in [2.45, 2.75) is 58.1 Å². The third kappa shape index (κ3) is 2.91. The Morgan fingerprint density at radius 2 is 1.77 bits per heavy atom. The summed E-state index contributed by atoms with van der Waals surface area (Å²) >= 11 is 0. The summed E-state index contributed by atoms with van der Waals surface area (Å²) in [6.45, 7) is 7.04. The van der Waals surface area contributed by atoms with Gasteiger partial charge in [-0.3, -0.25) is 4.57 Å². The summed E-state index contributed by atoms with van der Waals surface area (Å²) in [5.41, 5.74) is 2.44. The van der Waals surface area contributed by atoms with Gasteiger partial charge < -0.3 is 0 Å². The van der Waals surface area contributed by atoms with Crippen molar-refractivity contribution in [1.82, 2.24) is 18.7 Å². The number of benzene rings is 1. The van der Waals surface area contributed by atoms with E-state index in [-0.39, 0.29) is 18.8 Å². The Morgan fingerprint density at radius 3 is 2.38 bits per heavy atom. The van der Waals surface area contributed by atoms with E-state index in [1.165, 1.54) is 8.99 Å². The Kier molecular flexibility index (Phi) is 4.07. The molecule has 8 heteroatoms. The van der Waals surface area contributed by atoms with Crippen LogP contribution in [-0.2, 0) is 29.7 Å². The predicted molar refractivity (Wildman–Crippen MR) is 97.5 cm³/mol. The van der Waals surface area contributed by atoms with Crippen LogP contribution < -0.4 is 5.69 Å². The minimum Gasteiger partial charge on any atom is -0.276 e. The summed E-state index contributed by atoms with van der Waals surface area (Å²) in [5, 5.41) is 4.41. The molecule has 1 aromatic carbocycles. The zero-order valence-electron chi connectivity index (χ0n) is 15.4. The average molecular weight is 376 g/mol. The maximum atomic E-state index is 13.2. The fourth-order valence-corrected chi connectivity index (χ4v) is 5.64.